The number of imidazole rings is 1. The number of nitrogens with zero attached hydrogens (tertiary/aromatic N) is 6. The molecule has 3 aromatic rings. The molecule has 1 N–H and O–H groups in total. The van der Waals surface area contributed by atoms with E-state index < -0.39 is 61.7 Å². The number of carbonyl (C=O) groups excluding carboxylic acids is 1. The first-order valence-electron chi connectivity index (χ1n) is 11.6. The molecule has 41 heavy (non-hydrogen) atoms. The van der Waals surface area contributed by atoms with Crippen molar-refractivity contribution >= 4 is 11.7 Å². The van der Waals surface area contributed by atoms with Crippen molar-refractivity contribution in [2.24, 2.45) is 0 Å². The second kappa shape index (κ2) is 11.8. The number of halogens is 9. The fraction of sp³-hybridized carbons (Fsp3) is 0.500. The summed E-state index contributed by atoms with van der Waals surface area (Å²) in [5.74, 6) is -0.377. The van der Waals surface area contributed by atoms with E-state index in [-0.39, 0.29) is 33.6 Å². The zero-order valence-corrected chi connectivity index (χ0v) is 21.4. The Kier molecular flexibility index (Phi) is 9.07. The predicted molar refractivity (Wildman–Crippen MR) is 122 cm³/mol. The summed E-state index contributed by atoms with van der Waals surface area (Å²) >= 11 is 0. The molecule has 3 heterocycles. The van der Waals surface area contributed by atoms with E-state index in [4.69, 9.17) is 9.47 Å². The Bertz CT molecular complexity index is 1360. The van der Waals surface area contributed by atoms with Gasteiger partial charge in [0.15, 0.2) is 11.9 Å². The number of pyridine rings is 1. The van der Waals surface area contributed by atoms with Crippen molar-refractivity contribution in [3.05, 3.63) is 30.4 Å². The fourth-order valence-electron chi connectivity index (χ4n) is 3.80. The van der Waals surface area contributed by atoms with Crippen LogP contribution in [0, 0.1) is 0 Å². The van der Waals surface area contributed by atoms with E-state index in [9.17, 15) is 44.3 Å². The van der Waals surface area contributed by atoms with E-state index in [0.717, 1.165) is 19.2 Å². The average molecular weight is 603 g/mol. The number of amides is 2. The zero-order chi connectivity index (χ0) is 30.8. The predicted octanol–water partition coefficient (Wildman–Crippen LogP) is 5.11. The number of methoxy groups -OCH3 is 2. The number of fused-ring (bicyclic) bond motifs is 1. The standard InChI is InChI=1S/C22H22F9N7O3/c1-4-37(19(39)34-14(21(26,27)28)5-6-20(23,24)25)15(22(29,30)31)12-9-11(13(40-2)10-33-12)16-35-18(41-3)17-32-7-8-38(17)36-16/h7-10,14-15H,4-6H2,1-3H3,(H,34,39)/t14-,15-/m0/s1. The van der Waals surface area contributed by atoms with Gasteiger partial charge in [-0.05, 0) is 19.4 Å². The molecule has 0 aliphatic heterocycles. The monoisotopic (exact) mass is 603 g/mol. The third kappa shape index (κ3) is 7.37. The second-order valence-electron chi connectivity index (χ2n) is 8.38. The Morgan fingerprint density at radius 3 is 2.27 bits per heavy atom. The van der Waals surface area contributed by atoms with Crippen molar-refractivity contribution in [1.29, 1.82) is 0 Å². The summed E-state index contributed by atoms with van der Waals surface area (Å²) < 4.78 is 132. The molecule has 2 amide bonds. The summed E-state index contributed by atoms with van der Waals surface area (Å²) in [6, 6.07) is -7.07. The molecule has 10 nitrogen and oxygen atoms in total. The van der Waals surface area contributed by atoms with Gasteiger partial charge in [0.05, 0.1) is 31.7 Å². The van der Waals surface area contributed by atoms with Crippen LogP contribution in [0.2, 0.25) is 0 Å². The molecule has 2 atom stereocenters. The zero-order valence-electron chi connectivity index (χ0n) is 21.4. The van der Waals surface area contributed by atoms with Crippen LogP contribution in [-0.4, -0.2) is 80.8 Å². The lowest BCUT2D eigenvalue weighted by Crippen LogP contribution is -2.53. The van der Waals surface area contributed by atoms with Gasteiger partial charge in [-0.3, -0.25) is 4.98 Å². The van der Waals surface area contributed by atoms with Gasteiger partial charge in [-0.2, -0.15) is 44.5 Å². The lowest BCUT2D eigenvalue weighted by Gasteiger charge is -2.34. The molecule has 0 aliphatic rings. The molecule has 226 valence electrons. The maximum atomic E-state index is 14.4. The van der Waals surface area contributed by atoms with Crippen LogP contribution in [0.5, 0.6) is 11.6 Å². The molecular weight excluding hydrogens is 581 g/mol. The normalized spacial score (nSPS) is 14.0. The molecule has 0 radical (unpaired) electrons. The molecule has 0 aromatic carbocycles. The van der Waals surface area contributed by atoms with Gasteiger partial charge in [0.1, 0.15) is 11.8 Å². The van der Waals surface area contributed by atoms with Gasteiger partial charge in [-0.25, -0.2) is 14.3 Å². The highest BCUT2D eigenvalue weighted by Gasteiger charge is 2.49. The first kappa shape index (κ1) is 31.5. The Morgan fingerprint density at radius 1 is 1.05 bits per heavy atom. The molecule has 19 heteroatoms. The number of hydrogen-bond acceptors (Lipinski definition) is 7. The Morgan fingerprint density at radius 2 is 1.73 bits per heavy atom. The van der Waals surface area contributed by atoms with Crippen molar-refractivity contribution in [2.45, 2.75) is 50.4 Å². The van der Waals surface area contributed by atoms with E-state index in [1.54, 1.807) is 0 Å². The van der Waals surface area contributed by atoms with Gasteiger partial charge in [0, 0.05) is 25.4 Å². The molecule has 0 bridgehead atoms. The molecule has 3 rings (SSSR count). The highest BCUT2D eigenvalue weighted by molar-refractivity contribution is 5.75. The van der Waals surface area contributed by atoms with Crippen molar-refractivity contribution in [3.8, 4) is 23.0 Å². The third-order valence-corrected chi connectivity index (χ3v) is 5.68. The van der Waals surface area contributed by atoms with Crippen molar-refractivity contribution in [2.75, 3.05) is 20.8 Å². The van der Waals surface area contributed by atoms with Crippen molar-refractivity contribution in [3.63, 3.8) is 0 Å². The molecule has 0 spiro atoms. The summed E-state index contributed by atoms with van der Waals surface area (Å²) in [6.45, 7) is 0.246. The lowest BCUT2D eigenvalue weighted by atomic mass is 10.1. The SMILES string of the molecule is CCN(C(=O)N[C@@H](CCC(F)(F)F)C(F)(F)F)[C@@H](c1cc(-c2nc(OC)c3nccn3n2)c(OC)cn1)C(F)(F)F. The number of rotatable bonds is 9. The van der Waals surface area contributed by atoms with E-state index in [2.05, 4.69) is 20.1 Å². The minimum Gasteiger partial charge on any atom is -0.494 e. The molecule has 0 saturated heterocycles. The number of aromatic nitrogens is 5. The number of ether oxygens (including phenoxy) is 2. The largest absolute Gasteiger partial charge is 0.494 e. The average Bonchev–Trinajstić information content (AvgIpc) is 3.35. The molecule has 0 saturated carbocycles. The second-order valence-corrected chi connectivity index (χ2v) is 8.38. The summed E-state index contributed by atoms with van der Waals surface area (Å²) in [4.78, 5) is 24.5. The number of carbonyl (C=O) groups is 1. The van der Waals surface area contributed by atoms with E-state index in [0.29, 0.717) is 0 Å². The molecule has 0 unspecified atom stereocenters. The van der Waals surface area contributed by atoms with Gasteiger partial charge < -0.3 is 19.7 Å². The smallest absolute Gasteiger partial charge is 0.414 e. The summed E-state index contributed by atoms with van der Waals surface area (Å²) in [5, 5.41) is 5.42. The highest BCUT2D eigenvalue weighted by Crippen LogP contribution is 2.40. The maximum absolute atomic E-state index is 14.4. The van der Waals surface area contributed by atoms with Crippen LogP contribution in [0.1, 0.15) is 31.5 Å². The minimum absolute atomic E-state index is 0.0224. The van der Waals surface area contributed by atoms with Gasteiger partial charge in [-0.15, -0.1) is 5.10 Å². The summed E-state index contributed by atoms with van der Waals surface area (Å²) in [7, 11) is 2.44. The Hall–Kier alpha value is -4.06. The van der Waals surface area contributed by atoms with Gasteiger partial charge >= 0.3 is 24.6 Å². The van der Waals surface area contributed by atoms with Crippen LogP contribution < -0.4 is 14.8 Å². The van der Waals surface area contributed by atoms with Crippen molar-refractivity contribution < 1.29 is 53.8 Å². The maximum Gasteiger partial charge on any atom is 0.414 e. The molecular formula is C22H22F9N7O3. The van der Waals surface area contributed by atoms with Crippen LogP contribution in [0.15, 0.2) is 24.7 Å². The fourth-order valence-corrected chi connectivity index (χ4v) is 3.80. The van der Waals surface area contributed by atoms with Gasteiger partial charge in [0.2, 0.25) is 5.65 Å². The Labute approximate surface area is 225 Å². The van der Waals surface area contributed by atoms with Crippen molar-refractivity contribution in [1.82, 2.24) is 34.8 Å². The van der Waals surface area contributed by atoms with Crippen LogP contribution in [-0.2, 0) is 0 Å². The van der Waals surface area contributed by atoms with Gasteiger partial charge in [0.25, 0.3) is 5.88 Å². The molecule has 3 aromatic heterocycles. The quantitative estimate of drug-likeness (QED) is 0.339. The summed E-state index contributed by atoms with van der Waals surface area (Å²) in [5.41, 5.74) is -0.843. The first-order valence-corrected chi connectivity index (χ1v) is 11.6. The summed E-state index contributed by atoms with van der Waals surface area (Å²) in [6.07, 6.45) is -15.6. The van der Waals surface area contributed by atoms with Crippen LogP contribution in [0.3, 0.4) is 0 Å². The number of alkyl halides is 9. The number of urea groups is 1. The van der Waals surface area contributed by atoms with Crippen LogP contribution in [0.25, 0.3) is 17.0 Å². The van der Waals surface area contributed by atoms with Crippen LogP contribution >= 0.6 is 0 Å². The first-order chi connectivity index (χ1) is 19.0. The molecule has 0 fully saturated rings. The van der Waals surface area contributed by atoms with E-state index >= 15 is 0 Å². The van der Waals surface area contributed by atoms with E-state index in [1.807, 2.05) is 0 Å². The molecule has 0 aliphatic carbocycles. The Balaban J connectivity index is 2.06. The van der Waals surface area contributed by atoms with Gasteiger partial charge in [-0.1, -0.05) is 0 Å². The number of hydrogen-bond donors (Lipinski definition) is 1. The third-order valence-electron chi connectivity index (χ3n) is 5.68. The lowest BCUT2D eigenvalue weighted by molar-refractivity contribution is -0.182. The minimum atomic E-state index is -5.37. The van der Waals surface area contributed by atoms with Crippen LogP contribution in [0.4, 0.5) is 44.3 Å². The highest BCUT2D eigenvalue weighted by atomic mass is 19.4. The topological polar surface area (TPSA) is 107 Å². The number of nitrogens with one attached hydrogen (secondary N) is 1. The van der Waals surface area contributed by atoms with E-state index in [1.165, 1.54) is 36.4 Å².